The lowest BCUT2D eigenvalue weighted by Crippen LogP contribution is -1.97. The van der Waals surface area contributed by atoms with Gasteiger partial charge in [-0.25, -0.2) is 9.78 Å². The van der Waals surface area contributed by atoms with Crippen LogP contribution in [0.15, 0.2) is 48.5 Å². The minimum atomic E-state index is -0.998. The van der Waals surface area contributed by atoms with E-state index in [1.165, 1.54) is 0 Å². The van der Waals surface area contributed by atoms with Gasteiger partial charge in [0.15, 0.2) is 0 Å². The molecular weight excluding hydrogens is 304 g/mol. The van der Waals surface area contributed by atoms with Crippen LogP contribution in [0, 0.1) is 6.92 Å². The number of carbonyl (C=O) groups is 1. The molecule has 0 fully saturated rings. The van der Waals surface area contributed by atoms with Gasteiger partial charge >= 0.3 is 5.97 Å². The van der Waals surface area contributed by atoms with Crippen molar-refractivity contribution < 1.29 is 14.6 Å². The van der Waals surface area contributed by atoms with E-state index in [-0.39, 0.29) is 0 Å². The second kappa shape index (κ2) is 6.58. The second-order valence-electron chi connectivity index (χ2n) is 5.31. The summed E-state index contributed by atoms with van der Waals surface area (Å²) in [7, 11) is 0. The summed E-state index contributed by atoms with van der Waals surface area (Å²) in [6, 6.07) is 13.4. The molecule has 2 aromatic heterocycles. The molecule has 0 bridgehead atoms. The maximum atomic E-state index is 11.0. The lowest BCUT2D eigenvalue weighted by Gasteiger charge is -2.09. The smallest absolute Gasteiger partial charge is 0.328 e. The standard InChI is InChI=1S/C19H18N2O3/c1-3-24-16-9-5-4-8-14(16)19-15(11-12-18(22)23)21-13(2)7-6-10-17(21)20-19/h4-12H,3H2,1-2H3,(H,22,23)/b12-11+. The fourth-order valence-electron chi connectivity index (χ4n) is 2.73. The van der Waals surface area contributed by atoms with E-state index < -0.39 is 5.97 Å². The summed E-state index contributed by atoms with van der Waals surface area (Å²) in [6.45, 7) is 4.44. The predicted octanol–water partition coefficient (Wildman–Crippen LogP) is 3.81. The van der Waals surface area contributed by atoms with Gasteiger partial charge in [-0.3, -0.25) is 4.40 Å². The molecular formula is C19H18N2O3. The van der Waals surface area contributed by atoms with E-state index in [0.717, 1.165) is 34.4 Å². The largest absolute Gasteiger partial charge is 0.493 e. The van der Waals surface area contributed by atoms with Crippen LogP contribution in [0.5, 0.6) is 5.75 Å². The molecule has 3 aromatic rings. The topological polar surface area (TPSA) is 63.8 Å². The molecule has 0 saturated carbocycles. The van der Waals surface area contributed by atoms with Crippen LogP contribution in [0.1, 0.15) is 18.3 Å². The Labute approximate surface area is 139 Å². The highest BCUT2D eigenvalue weighted by atomic mass is 16.5. The summed E-state index contributed by atoms with van der Waals surface area (Å²) in [6.07, 6.45) is 2.70. The molecule has 0 aliphatic rings. The van der Waals surface area contributed by atoms with E-state index >= 15 is 0 Å². The van der Waals surface area contributed by atoms with Gasteiger partial charge in [0.2, 0.25) is 0 Å². The van der Waals surface area contributed by atoms with Gasteiger partial charge < -0.3 is 9.84 Å². The highest BCUT2D eigenvalue weighted by Crippen LogP contribution is 2.33. The molecule has 24 heavy (non-hydrogen) atoms. The Balaban J connectivity index is 2.30. The highest BCUT2D eigenvalue weighted by molar-refractivity contribution is 5.88. The highest BCUT2D eigenvalue weighted by Gasteiger charge is 2.16. The molecule has 1 N–H and O–H groups in total. The molecule has 0 aliphatic heterocycles. The maximum Gasteiger partial charge on any atom is 0.328 e. The van der Waals surface area contributed by atoms with Crippen molar-refractivity contribution in [3.05, 3.63) is 59.9 Å². The molecule has 1 aromatic carbocycles. The number of imidazole rings is 1. The Bertz CT molecular complexity index is 926. The van der Waals surface area contributed by atoms with E-state index in [1.807, 2.05) is 60.7 Å². The van der Waals surface area contributed by atoms with Gasteiger partial charge in [-0.2, -0.15) is 0 Å². The zero-order valence-electron chi connectivity index (χ0n) is 13.6. The van der Waals surface area contributed by atoms with E-state index in [0.29, 0.717) is 12.3 Å². The fourth-order valence-corrected chi connectivity index (χ4v) is 2.73. The van der Waals surface area contributed by atoms with Crippen molar-refractivity contribution in [2.24, 2.45) is 0 Å². The van der Waals surface area contributed by atoms with Crippen molar-refractivity contribution in [2.45, 2.75) is 13.8 Å². The first-order valence-electron chi connectivity index (χ1n) is 7.73. The van der Waals surface area contributed by atoms with E-state index in [1.54, 1.807) is 6.08 Å². The van der Waals surface area contributed by atoms with Crippen LogP contribution in [0.2, 0.25) is 0 Å². The van der Waals surface area contributed by atoms with Crippen molar-refractivity contribution in [1.82, 2.24) is 9.38 Å². The fraction of sp³-hybridized carbons (Fsp3) is 0.158. The average molecular weight is 322 g/mol. The lowest BCUT2D eigenvalue weighted by molar-refractivity contribution is -0.131. The zero-order chi connectivity index (χ0) is 17.1. The van der Waals surface area contributed by atoms with Crippen LogP contribution in [0.4, 0.5) is 0 Å². The number of rotatable bonds is 5. The molecule has 5 nitrogen and oxygen atoms in total. The minimum Gasteiger partial charge on any atom is -0.493 e. The van der Waals surface area contributed by atoms with Crippen molar-refractivity contribution in [3.8, 4) is 17.0 Å². The number of benzene rings is 1. The SMILES string of the molecule is CCOc1ccccc1-c1nc2cccc(C)n2c1/C=C/C(=O)O. The number of carboxylic acids is 1. The summed E-state index contributed by atoms with van der Waals surface area (Å²) in [5, 5.41) is 9.01. The molecule has 5 heteroatoms. The molecule has 2 heterocycles. The molecule has 0 saturated heterocycles. The Morgan fingerprint density at radius 3 is 2.79 bits per heavy atom. The quantitative estimate of drug-likeness (QED) is 0.726. The first-order valence-corrected chi connectivity index (χ1v) is 7.73. The normalized spacial score (nSPS) is 11.2. The first-order chi connectivity index (χ1) is 11.6. The van der Waals surface area contributed by atoms with Gasteiger partial charge in [0.25, 0.3) is 0 Å². The summed E-state index contributed by atoms with van der Waals surface area (Å²) in [5.41, 5.74) is 4.00. The number of hydrogen-bond donors (Lipinski definition) is 1. The molecule has 0 spiro atoms. The monoisotopic (exact) mass is 322 g/mol. The average Bonchev–Trinajstić information content (AvgIpc) is 2.93. The number of ether oxygens (including phenoxy) is 1. The molecule has 122 valence electrons. The second-order valence-corrected chi connectivity index (χ2v) is 5.31. The van der Waals surface area contributed by atoms with Gasteiger partial charge in [-0.1, -0.05) is 18.2 Å². The molecule has 0 radical (unpaired) electrons. The zero-order valence-corrected chi connectivity index (χ0v) is 13.6. The van der Waals surface area contributed by atoms with Crippen LogP contribution in [0.3, 0.4) is 0 Å². The minimum absolute atomic E-state index is 0.545. The number of fused-ring (bicyclic) bond motifs is 1. The Morgan fingerprint density at radius 1 is 1.25 bits per heavy atom. The number of aromatic nitrogens is 2. The van der Waals surface area contributed by atoms with Crippen molar-refractivity contribution >= 4 is 17.7 Å². The van der Waals surface area contributed by atoms with E-state index in [9.17, 15) is 4.79 Å². The number of para-hydroxylation sites is 1. The van der Waals surface area contributed by atoms with Gasteiger partial charge in [-0.05, 0) is 44.2 Å². The van der Waals surface area contributed by atoms with Crippen LogP contribution in [0.25, 0.3) is 23.0 Å². The Morgan fingerprint density at radius 2 is 2.04 bits per heavy atom. The van der Waals surface area contributed by atoms with Crippen LogP contribution < -0.4 is 4.74 Å². The maximum absolute atomic E-state index is 11.0. The molecule has 0 atom stereocenters. The summed E-state index contributed by atoms with van der Waals surface area (Å²) >= 11 is 0. The van der Waals surface area contributed by atoms with E-state index in [4.69, 9.17) is 14.8 Å². The molecule has 0 amide bonds. The van der Waals surface area contributed by atoms with Crippen LogP contribution >= 0.6 is 0 Å². The molecule has 0 unspecified atom stereocenters. The predicted molar refractivity (Wildman–Crippen MR) is 93.2 cm³/mol. The number of aryl methyl sites for hydroxylation is 1. The van der Waals surface area contributed by atoms with Gasteiger partial charge in [-0.15, -0.1) is 0 Å². The van der Waals surface area contributed by atoms with Crippen LogP contribution in [-0.2, 0) is 4.79 Å². The van der Waals surface area contributed by atoms with Gasteiger partial charge in [0.1, 0.15) is 17.1 Å². The third kappa shape index (κ3) is 2.88. The molecule has 3 rings (SSSR count). The van der Waals surface area contributed by atoms with Crippen LogP contribution in [-0.4, -0.2) is 27.1 Å². The number of nitrogens with zero attached hydrogens (tertiary/aromatic N) is 2. The first kappa shape index (κ1) is 15.8. The Hall–Kier alpha value is -3.08. The summed E-state index contributed by atoms with van der Waals surface area (Å²) in [4.78, 5) is 15.7. The Kier molecular flexibility index (Phi) is 4.33. The number of aliphatic carboxylic acids is 1. The number of hydrogen-bond acceptors (Lipinski definition) is 3. The number of pyridine rings is 1. The lowest BCUT2D eigenvalue weighted by atomic mass is 10.1. The van der Waals surface area contributed by atoms with Gasteiger partial charge in [0, 0.05) is 17.3 Å². The molecule has 0 aliphatic carbocycles. The number of carboxylic acid groups (broad SMARTS) is 1. The van der Waals surface area contributed by atoms with E-state index in [2.05, 4.69) is 0 Å². The van der Waals surface area contributed by atoms with Crippen molar-refractivity contribution in [1.29, 1.82) is 0 Å². The summed E-state index contributed by atoms with van der Waals surface area (Å²) in [5.74, 6) is -0.270. The third-order valence-electron chi connectivity index (χ3n) is 3.70. The van der Waals surface area contributed by atoms with Crippen molar-refractivity contribution in [2.75, 3.05) is 6.61 Å². The van der Waals surface area contributed by atoms with Gasteiger partial charge in [0.05, 0.1) is 12.3 Å². The van der Waals surface area contributed by atoms with Crippen molar-refractivity contribution in [3.63, 3.8) is 0 Å². The third-order valence-corrected chi connectivity index (χ3v) is 3.70. The summed E-state index contributed by atoms with van der Waals surface area (Å²) < 4.78 is 7.65.